The summed E-state index contributed by atoms with van der Waals surface area (Å²) in [5, 5.41) is 0. The first-order chi connectivity index (χ1) is 9.83. The fourth-order valence-corrected chi connectivity index (χ4v) is 2.30. The third-order valence-electron chi connectivity index (χ3n) is 3.52. The zero-order valence-corrected chi connectivity index (χ0v) is 12.0. The molecule has 0 spiro atoms. The van der Waals surface area contributed by atoms with Crippen LogP contribution in [0.1, 0.15) is 37.3 Å². The average Bonchev–Trinajstić information content (AvgIpc) is 2.49. The normalized spacial score (nSPS) is 11.1. The van der Waals surface area contributed by atoms with Crippen molar-refractivity contribution in [2.24, 2.45) is 0 Å². The van der Waals surface area contributed by atoms with Crippen LogP contribution in [0.25, 0.3) is 17.2 Å². The summed E-state index contributed by atoms with van der Waals surface area (Å²) in [6, 6.07) is 16.7. The van der Waals surface area contributed by atoms with E-state index in [1.807, 2.05) is 24.3 Å². The van der Waals surface area contributed by atoms with Gasteiger partial charge in [0.15, 0.2) is 0 Å². The maximum atomic E-state index is 12.1. The van der Waals surface area contributed by atoms with Gasteiger partial charge < -0.3 is 0 Å². The lowest BCUT2D eigenvalue weighted by Gasteiger charge is -2.05. The van der Waals surface area contributed by atoms with Crippen LogP contribution in [0.2, 0.25) is 0 Å². The molecule has 0 radical (unpaired) electrons. The van der Waals surface area contributed by atoms with Crippen molar-refractivity contribution in [1.82, 2.24) is 0 Å². The molecule has 0 saturated heterocycles. The molecule has 0 heterocycles. The van der Waals surface area contributed by atoms with Gasteiger partial charge in [0.25, 0.3) is 0 Å². The molecule has 104 valence electrons. The summed E-state index contributed by atoms with van der Waals surface area (Å²) < 4.78 is 12.1. The summed E-state index contributed by atoms with van der Waals surface area (Å²) >= 11 is 0. The SMILES string of the molecule is CCCCCc1ccc(-c2ccc(/C=C/F)cc2)cc1. The lowest BCUT2D eigenvalue weighted by Crippen LogP contribution is -1.86. The van der Waals surface area contributed by atoms with E-state index in [4.69, 9.17) is 0 Å². The monoisotopic (exact) mass is 268 g/mol. The van der Waals surface area contributed by atoms with E-state index in [0.717, 1.165) is 12.0 Å². The van der Waals surface area contributed by atoms with Gasteiger partial charge in [-0.15, -0.1) is 0 Å². The van der Waals surface area contributed by atoms with Crippen molar-refractivity contribution >= 4 is 6.08 Å². The second-order valence-electron chi connectivity index (χ2n) is 5.07. The molecule has 2 aromatic rings. The van der Waals surface area contributed by atoms with Gasteiger partial charge in [-0.3, -0.25) is 0 Å². The van der Waals surface area contributed by atoms with E-state index < -0.39 is 0 Å². The van der Waals surface area contributed by atoms with Crippen LogP contribution in [-0.2, 0) is 6.42 Å². The standard InChI is InChI=1S/C19H21F/c1-2-3-4-5-16-6-10-18(11-7-16)19-12-8-17(9-13-19)14-15-20/h6-15H,2-5H2,1H3/b15-14+. The van der Waals surface area contributed by atoms with Gasteiger partial charge in [0.2, 0.25) is 0 Å². The van der Waals surface area contributed by atoms with Crippen LogP contribution in [0, 0.1) is 0 Å². The molecule has 1 heteroatoms. The highest BCUT2D eigenvalue weighted by atomic mass is 19.1. The van der Waals surface area contributed by atoms with Crippen LogP contribution in [0.15, 0.2) is 54.9 Å². The first-order valence-corrected chi connectivity index (χ1v) is 7.29. The fraction of sp³-hybridized carbons (Fsp3) is 0.263. The summed E-state index contributed by atoms with van der Waals surface area (Å²) in [4.78, 5) is 0. The maximum absolute atomic E-state index is 12.1. The molecular formula is C19H21F. The Labute approximate surface area is 121 Å². The molecule has 0 aliphatic heterocycles. The van der Waals surface area contributed by atoms with Gasteiger partial charge in [0.05, 0.1) is 6.33 Å². The van der Waals surface area contributed by atoms with E-state index in [2.05, 4.69) is 31.2 Å². The minimum Gasteiger partial charge on any atom is -0.216 e. The number of halogens is 1. The van der Waals surface area contributed by atoms with Gasteiger partial charge in [0.1, 0.15) is 0 Å². The van der Waals surface area contributed by atoms with E-state index in [9.17, 15) is 4.39 Å². The summed E-state index contributed by atoms with van der Waals surface area (Å²) in [5.74, 6) is 0. The van der Waals surface area contributed by atoms with Gasteiger partial charge in [-0.1, -0.05) is 68.3 Å². The molecule has 0 amide bonds. The zero-order chi connectivity index (χ0) is 14.2. The summed E-state index contributed by atoms with van der Waals surface area (Å²) in [7, 11) is 0. The van der Waals surface area contributed by atoms with Gasteiger partial charge in [-0.2, -0.15) is 0 Å². The van der Waals surface area contributed by atoms with E-state index in [1.165, 1.54) is 42.0 Å². The fourth-order valence-electron chi connectivity index (χ4n) is 2.30. The van der Waals surface area contributed by atoms with Crippen LogP contribution in [0.4, 0.5) is 4.39 Å². The van der Waals surface area contributed by atoms with Crippen LogP contribution in [0.5, 0.6) is 0 Å². The first-order valence-electron chi connectivity index (χ1n) is 7.29. The maximum Gasteiger partial charge on any atom is 0.0872 e. The lowest BCUT2D eigenvalue weighted by molar-refractivity contribution is 0.717. The smallest absolute Gasteiger partial charge is 0.0872 e. The van der Waals surface area contributed by atoms with Crippen molar-refractivity contribution in [1.29, 1.82) is 0 Å². The molecular weight excluding hydrogens is 247 g/mol. The minimum atomic E-state index is 0.570. The Morgan fingerprint density at radius 1 is 0.850 bits per heavy atom. The zero-order valence-electron chi connectivity index (χ0n) is 12.0. The number of benzene rings is 2. The molecule has 0 aliphatic rings. The topological polar surface area (TPSA) is 0 Å². The molecule has 0 atom stereocenters. The van der Waals surface area contributed by atoms with Crippen molar-refractivity contribution in [3.8, 4) is 11.1 Å². The second kappa shape index (κ2) is 7.64. The van der Waals surface area contributed by atoms with Crippen LogP contribution >= 0.6 is 0 Å². The van der Waals surface area contributed by atoms with Crippen molar-refractivity contribution in [2.45, 2.75) is 32.6 Å². The minimum absolute atomic E-state index is 0.570. The lowest BCUT2D eigenvalue weighted by atomic mass is 10.0. The van der Waals surface area contributed by atoms with E-state index in [0.29, 0.717) is 6.33 Å². The third-order valence-corrected chi connectivity index (χ3v) is 3.52. The predicted molar refractivity (Wildman–Crippen MR) is 85.2 cm³/mol. The molecule has 0 aliphatic carbocycles. The molecule has 2 rings (SSSR count). The molecule has 0 N–H and O–H groups in total. The molecule has 0 nitrogen and oxygen atoms in total. The van der Waals surface area contributed by atoms with Crippen LogP contribution in [-0.4, -0.2) is 0 Å². The quantitative estimate of drug-likeness (QED) is 0.561. The summed E-state index contributed by atoms with van der Waals surface area (Å²) in [5.41, 5.74) is 4.66. The third kappa shape index (κ3) is 4.06. The highest BCUT2D eigenvalue weighted by molar-refractivity contribution is 5.65. The molecule has 0 unspecified atom stereocenters. The van der Waals surface area contributed by atoms with E-state index >= 15 is 0 Å². The molecule has 2 aromatic carbocycles. The van der Waals surface area contributed by atoms with Crippen molar-refractivity contribution in [3.63, 3.8) is 0 Å². The largest absolute Gasteiger partial charge is 0.216 e. The Hall–Kier alpha value is -1.89. The highest BCUT2D eigenvalue weighted by Gasteiger charge is 1.98. The van der Waals surface area contributed by atoms with E-state index in [1.54, 1.807) is 0 Å². The summed E-state index contributed by atoms with van der Waals surface area (Å²) in [6.07, 6.45) is 7.01. The van der Waals surface area contributed by atoms with Crippen molar-refractivity contribution in [2.75, 3.05) is 0 Å². The van der Waals surface area contributed by atoms with Gasteiger partial charge in [-0.05, 0) is 41.2 Å². The Bertz CT molecular complexity index is 535. The Morgan fingerprint density at radius 3 is 2.00 bits per heavy atom. The number of aryl methyl sites for hydroxylation is 1. The Morgan fingerprint density at radius 2 is 1.45 bits per heavy atom. The average molecular weight is 268 g/mol. The molecule has 20 heavy (non-hydrogen) atoms. The highest BCUT2D eigenvalue weighted by Crippen LogP contribution is 2.21. The number of unbranched alkanes of at least 4 members (excludes halogenated alkanes) is 2. The van der Waals surface area contributed by atoms with Crippen molar-refractivity contribution < 1.29 is 4.39 Å². The first kappa shape index (κ1) is 14.5. The molecule has 0 aromatic heterocycles. The van der Waals surface area contributed by atoms with E-state index in [-0.39, 0.29) is 0 Å². The molecule has 0 fully saturated rings. The molecule has 0 bridgehead atoms. The van der Waals surface area contributed by atoms with Gasteiger partial charge >= 0.3 is 0 Å². The number of hydrogen-bond donors (Lipinski definition) is 0. The Kier molecular flexibility index (Phi) is 5.55. The second-order valence-corrected chi connectivity index (χ2v) is 5.07. The predicted octanol–water partition coefficient (Wildman–Crippen LogP) is 6.03. The van der Waals surface area contributed by atoms with Crippen LogP contribution in [0.3, 0.4) is 0 Å². The van der Waals surface area contributed by atoms with Crippen molar-refractivity contribution in [3.05, 3.63) is 66.0 Å². The number of rotatable bonds is 6. The number of hydrogen-bond acceptors (Lipinski definition) is 0. The van der Waals surface area contributed by atoms with Gasteiger partial charge in [0, 0.05) is 0 Å². The Balaban J connectivity index is 2.05. The summed E-state index contributed by atoms with van der Waals surface area (Å²) in [6.45, 7) is 2.23. The van der Waals surface area contributed by atoms with Crippen LogP contribution < -0.4 is 0 Å². The molecule has 0 saturated carbocycles. The van der Waals surface area contributed by atoms with Gasteiger partial charge in [-0.25, -0.2) is 4.39 Å².